The summed E-state index contributed by atoms with van der Waals surface area (Å²) in [6.45, 7) is 2.19. The molecule has 1 atom stereocenters. The highest BCUT2D eigenvalue weighted by molar-refractivity contribution is 7.10. The first-order valence-corrected chi connectivity index (χ1v) is 10.2. The molecule has 0 aliphatic carbocycles. The quantitative estimate of drug-likeness (QED) is 0.457. The number of nitrogens with zero attached hydrogens (tertiary/aromatic N) is 1. The molecule has 0 bridgehead atoms. The summed E-state index contributed by atoms with van der Waals surface area (Å²) in [7, 11) is 1.79. The Kier molecular flexibility index (Phi) is 6.66. The average Bonchev–Trinajstić information content (AvgIpc) is 3.25. The van der Waals surface area contributed by atoms with Crippen LogP contribution in [0.25, 0.3) is 0 Å². The maximum Gasteiger partial charge on any atom is 0.258 e. The molecule has 0 fully saturated rings. The van der Waals surface area contributed by atoms with Crippen LogP contribution in [0.4, 0.5) is 5.69 Å². The number of carbonyl (C=O) groups is 1. The maximum absolute atomic E-state index is 12.7. The Bertz CT molecular complexity index is 846. The van der Waals surface area contributed by atoms with Crippen molar-refractivity contribution in [2.75, 3.05) is 11.9 Å². The second-order valence-electron chi connectivity index (χ2n) is 6.49. The molecular formula is C23H25NO2S. The lowest BCUT2D eigenvalue weighted by Crippen LogP contribution is -2.26. The summed E-state index contributed by atoms with van der Waals surface area (Å²) in [4.78, 5) is 15.6. The smallest absolute Gasteiger partial charge is 0.258 e. The first-order valence-electron chi connectivity index (χ1n) is 9.32. The fourth-order valence-electron chi connectivity index (χ4n) is 2.94. The molecule has 1 aromatic heterocycles. The third-order valence-electron chi connectivity index (χ3n) is 4.49. The molecular weight excluding hydrogens is 354 g/mol. The number of amides is 1. The number of anilines is 1. The van der Waals surface area contributed by atoms with Crippen LogP contribution in [0.3, 0.4) is 0 Å². The molecule has 0 radical (unpaired) electrons. The number of rotatable bonds is 8. The Labute approximate surface area is 165 Å². The van der Waals surface area contributed by atoms with E-state index < -0.39 is 0 Å². The van der Waals surface area contributed by atoms with Crippen molar-refractivity contribution in [3.63, 3.8) is 0 Å². The van der Waals surface area contributed by atoms with Gasteiger partial charge in [0.05, 0.1) is 0 Å². The van der Waals surface area contributed by atoms with Crippen molar-refractivity contribution in [1.82, 2.24) is 0 Å². The number of benzene rings is 2. The molecule has 3 aromatic rings. The van der Waals surface area contributed by atoms with Gasteiger partial charge < -0.3 is 9.64 Å². The third kappa shape index (κ3) is 4.98. The predicted molar refractivity (Wildman–Crippen MR) is 113 cm³/mol. The summed E-state index contributed by atoms with van der Waals surface area (Å²) in [5, 5.41) is 2.08. The zero-order valence-corrected chi connectivity index (χ0v) is 16.6. The van der Waals surface area contributed by atoms with Crippen molar-refractivity contribution >= 4 is 22.9 Å². The SMILES string of the molecule is CCCCC(Oc1cccc(N(C)C(=O)c2ccccc2)c1)c1cccs1. The zero-order valence-electron chi connectivity index (χ0n) is 15.8. The highest BCUT2D eigenvalue weighted by Crippen LogP contribution is 2.31. The molecule has 1 unspecified atom stereocenters. The number of hydrogen-bond acceptors (Lipinski definition) is 3. The van der Waals surface area contributed by atoms with Crippen LogP contribution in [-0.4, -0.2) is 13.0 Å². The Balaban J connectivity index is 1.77. The minimum absolute atomic E-state index is 0.0338. The standard InChI is InChI=1S/C23H25NO2S/c1-3-4-14-21(22-15-9-16-27-22)26-20-13-8-12-19(17-20)24(2)23(25)18-10-6-5-7-11-18/h5-13,15-17,21H,3-4,14H2,1-2H3. The molecule has 3 rings (SSSR count). The van der Waals surface area contributed by atoms with E-state index in [9.17, 15) is 4.79 Å². The summed E-state index contributed by atoms with van der Waals surface area (Å²) in [6.07, 6.45) is 3.30. The van der Waals surface area contributed by atoms with Gasteiger partial charge in [0.15, 0.2) is 0 Å². The van der Waals surface area contributed by atoms with Crippen LogP contribution in [-0.2, 0) is 0 Å². The number of carbonyl (C=O) groups excluding carboxylic acids is 1. The number of thiophene rings is 1. The van der Waals surface area contributed by atoms with E-state index in [2.05, 4.69) is 24.4 Å². The molecule has 0 spiro atoms. The van der Waals surface area contributed by atoms with Gasteiger partial charge in [-0.2, -0.15) is 0 Å². The van der Waals surface area contributed by atoms with Gasteiger partial charge in [-0.05, 0) is 48.6 Å². The number of unbranched alkanes of at least 4 members (excludes halogenated alkanes) is 1. The molecule has 0 saturated heterocycles. The fourth-order valence-corrected chi connectivity index (χ4v) is 3.73. The normalized spacial score (nSPS) is 11.8. The van der Waals surface area contributed by atoms with Crippen molar-refractivity contribution in [3.8, 4) is 5.75 Å². The molecule has 4 heteroatoms. The second kappa shape index (κ2) is 9.38. The highest BCUT2D eigenvalue weighted by Gasteiger charge is 2.17. The van der Waals surface area contributed by atoms with Gasteiger partial charge in [0, 0.05) is 29.2 Å². The van der Waals surface area contributed by atoms with E-state index in [0.717, 1.165) is 30.7 Å². The van der Waals surface area contributed by atoms with Crippen LogP contribution in [0.2, 0.25) is 0 Å². The van der Waals surface area contributed by atoms with Crippen molar-refractivity contribution < 1.29 is 9.53 Å². The molecule has 0 aliphatic heterocycles. The minimum atomic E-state index is -0.0338. The van der Waals surface area contributed by atoms with E-state index >= 15 is 0 Å². The van der Waals surface area contributed by atoms with Crippen LogP contribution in [0.15, 0.2) is 72.1 Å². The predicted octanol–water partition coefficient (Wildman–Crippen LogP) is 6.34. The summed E-state index contributed by atoms with van der Waals surface area (Å²) in [6, 6.07) is 21.3. The van der Waals surface area contributed by atoms with Gasteiger partial charge in [-0.25, -0.2) is 0 Å². The van der Waals surface area contributed by atoms with Crippen molar-refractivity contribution in [3.05, 3.63) is 82.6 Å². The summed E-state index contributed by atoms with van der Waals surface area (Å²) in [5.41, 5.74) is 1.49. The van der Waals surface area contributed by atoms with Gasteiger partial charge in [0.2, 0.25) is 0 Å². The lowest BCUT2D eigenvalue weighted by atomic mass is 10.1. The van der Waals surface area contributed by atoms with E-state index in [1.807, 2.05) is 54.6 Å². The van der Waals surface area contributed by atoms with E-state index in [1.165, 1.54) is 4.88 Å². The van der Waals surface area contributed by atoms with Crippen LogP contribution in [0.5, 0.6) is 5.75 Å². The lowest BCUT2D eigenvalue weighted by molar-refractivity contribution is 0.0993. The van der Waals surface area contributed by atoms with Crippen LogP contribution in [0, 0.1) is 0 Å². The molecule has 0 N–H and O–H groups in total. The van der Waals surface area contributed by atoms with Gasteiger partial charge >= 0.3 is 0 Å². The summed E-state index contributed by atoms with van der Waals surface area (Å²) < 4.78 is 6.31. The van der Waals surface area contributed by atoms with Crippen molar-refractivity contribution in [1.29, 1.82) is 0 Å². The Morgan fingerprint density at radius 2 is 1.89 bits per heavy atom. The zero-order chi connectivity index (χ0) is 19.1. The molecule has 1 amide bonds. The van der Waals surface area contributed by atoms with Gasteiger partial charge in [-0.3, -0.25) is 4.79 Å². The molecule has 0 aliphatic rings. The van der Waals surface area contributed by atoms with Crippen LogP contribution < -0.4 is 9.64 Å². The first-order chi connectivity index (χ1) is 13.2. The van der Waals surface area contributed by atoms with Gasteiger partial charge in [0.1, 0.15) is 11.9 Å². The Morgan fingerprint density at radius 1 is 1.07 bits per heavy atom. The summed E-state index contributed by atoms with van der Waals surface area (Å²) in [5.74, 6) is 0.753. The van der Waals surface area contributed by atoms with Gasteiger partial charge in [-0.15, -0.1) is 11.3 Å². The Morgan fingerprint density at radius 3 is 2.59 bits per heavy atom. The molecule has 0 saturated carbocycles. The third-order valence-corrected chi connectivity index (χ3v) is 5.45. The van der Waals surface area contributed by atoms with Gasteiger partial charge in [-0.1, -0.05) is 43.7 Å². The molecule has 1 heterocycles. The fraction of sp³-hybridized carbons (Fsp3) is 0.261. The van der Waals surface area contributed by atoms with Crippen LogP contribution >= 0.6 is 11.3 Å². The topological polar surface area (TPSA) is 29.5 Å². The van der Waals surface area contributed by atoms with Gasteiger partial charge in [0.25, 0.3) is 5.91 Å². The average molecular weight is 380 g/mol. The number of hydrogen-bond donors (Lipinski definition) is 0. The van der Waals surface area contributed by atoms with Crippen molar-refractivity contribution in [2.24, 2.45) is 0 Å². The molecule has 3 nitrogen and oxygen atoms in total. The van der Waals surface area contributed by atoms with E-state index in [-0.39, 0.29) is 12.0 Å². The van der Waals surface area contributed by atoms with E-state index in [4.69, 9.17) is 4.74 Å². The highest BCUT2D eigenvalue weighted by atomic mass is 32.1. The largest absolute Gasteiger partial charge is 0.485 e. The monoisotopic (exact) mass is 379 g/mol. The minimum Gasteiger partial charge on any atom is -0.485 e. The first kappa shape index (κ1) is 19.2. The second-order valence-corrected chi connectivity index (χ2v) is 7.47. The molecule has 2 aromatic carbocycles. The van der Waals surface area contributed by atoms with Crippen LogP contribution in [0.1, 0.15) is 47.5 Å². The molecule has 27 heavy (non-hydrogen) atoms. The summed E-state index contributed by atoms with van der Waals surface area (Å²) >= 11 is 1.72. The lowest BCUT2D eigenvalue weighted by Gasteiger charge is -2.21. The van der Waals surface area contributed by atoms with Crippen molar-refractivity contribution in [2.45, 2.75) is 32.3 Å². The Hall–Kier alpha value is -2.59. The maximum atomic E-state index is 12.7. The number of ether oxygens (including phenoxy) is 1. The van der Waals surface area contributed by atoms with E-state index in [1.54, 1.807) is 23.3 Å². The molecule has 140 valence electrons. The van der Waals surface area contributed by atoms with E-state index in [0.29, 0.717) is 5.56 Å².